The van der Waals surface area contributed by atoms with Gasteiger partial charge in [-0.15, -0.1) is 0 Å². The molecule has 12 heteroatoms. The van der Waals surface area contributed by atoms with E-state index in [1.54, 1.807) is 0 Å². The van der Waals surface area contributed by atoms with Gasteiger partial charge in [-0.1, -0.05) is 17.4 Å². The Kier molecular flexibility index (Phi) is 6.41. The Balaban J connectivity index is 1.80. The second-order valence-corrected chi connectivity index (χ2v) is 8.66. The Hall–Kier alpha value is -2.93. The van der Waals surface area contributed by atoms with Gasteiger partial charge < -0.3 is 15.8 Å². The molecule has 158 valence electrons. The number of nitrogens with zero attached hydrogens (tertiary/aromatic N) is 1. The largest absolute Gasteiger partial charge is 0.382 e. The average Bonchev–Trinajstić information content (AvgIpc) is 3.06. The van der Waals surface area contributed by atoms with E-state index in [4.69, 9.17) is 5.73 Å². The van der Waals surface area contributed by atoms with Crippen LogP contribution in [-0.4, -0.2) is 33.0 Å². The van der Waals surface area contributed by atoms with E-state index in [2.05, 4.69) is 19.8 Å². The lowest BCUT2D eigenvalue weighted by Gasteiger charge is -2.07. The number of nitrogens with two attached hydrogens (primary N) is 1. The number of hydrogen-bond acceptors (Lipinski definition) is 8. The number of nitrogen functional groups attached to an aromatic ring is 1. The van der Waals surface area contributed by atoms with E-state index >= 15 is 0 Å². The molecular weight excluding hydrogens is 438 g/mol. The highest BCUT2D eigenvalue weighted by Crippen LogP contribution is 2.31. The van der Waals surface area contributed by atoms with Crippen LogP contribution in [0.2, 0.25) is 0 Å². The van der Waals surface area contributed by atoms with Gasteiger partial charge in [0.2, 0.25) is 15.8 Å². The van der Waals surface area contributed by atoms with Gasteiger partial charge >= 0.3 is 0 Å². The number of carbonyl (C=O) groups excluding carboxylic acids is 1. The fourth-order valence-electron chi connectivity index (χ4n) is 2.44. The molecule has 0 saturated heterocycles. The summed E-state index contributed by atoms with van der Waals surface area (Å²) >= 11 is 0.818. The molecule has 3 rings (SSSR count). The van der Waals surface area contributed by atoms with E-state index in [1.807, 2.05) is 0 Å². The predicted molar refractivity (Wildman–Crippen MR) is 108 cm³/mol. The van der Waals surface area contributed by atoms with E-state index in [-0.39, 0.29) is 27.5 Å². The second-order valence-electron chi connectivity index (χ2n) is 5.89. The van der Waals surface area contributed by atoms with Crippen molar-refractivity contribution in [3.05, 3.63) is 64.5 Å². The van der Waals surface area contributed by atoms with Gasteiger partial charge in [0.15, 0.2) is 5.13 Å². The molecule has 2 aromatic carbocycles. The Bertz CT molecular complexity index is 1160. The van der Waals surface area contributed by atoms with Crippen LogP contribution >= 0.6 is 11.3 Å². The highest BCUT2D eigenvalue weighted by molar-refractivity contribution is 7.89. The van der Waals surface area contributed by atoms with Crippen LogP contribution in [0.15, 0.2) is 47.4 Å². The molecule has 0 fully saturated rings. The molecule has 0 atom stereocenters. The third kappa shape index (κ3) is 4.62. The minimum atomic E-state index is -3.72. The summed E-state index contributed by atoms with van der Waals surface area (Å²) in [5.74, 6) is -3.10. The van der Waals surface area contributed by atoms with Crippen LogP contribution in [0.4, 0.5) is 25.4 Å². The molecule has 0 aliphatic carbocycles. The number of nitrogens with one attached hydrogen (secondary N) is 2. The van der Waals surface area contributed by atoms with E-state index in [0.717, 1.165) is 29.5 Å². The fourth-order valence-corrected chi connectivity index (χ4v) is 4.22. The average molecular weight is 454 g/mol. The van der Waals surface area contributed by atoms with E-state index in [0.29, 0.717) is 5.69 Å². The monoisotopic (exact) mass is 454 g/mol. The number of ketones is 1. The maximum Gasteiger partial charge on any atom is 0.242 e. The first-order chi connectivity index (χ1) is 14.2. The molecule has 0 bridgehead atoms. The molecule has 8 nitrogen and oxygen atoms in total. The van der Waals surface area contributed by atoms with Gasteiger partial charge in [-0.05, 0) is 36.4 Å². The third-order valence-corrected chi connectivity index (χ3v) is 6.23. The smallest absolute Gasteiger partial charge is 0.242 e. The maximum absolute atomic E-state index is 13.9. The lowest BCUT2D eigenvalue weighted by Crippen LogP contribution is -2.25. The minimum Gasteiger partial charge on any atom is -0.382 e. The minimum absolute atomic E-state index is 0.0228. The molecule has 0 saturated carbocycles. The van der Waals surface area contributed by atoms with Crippen molar-refractivity contribution in [2.24, 2.45) is 0 Å². The molecule has 0 aliphatic rings. The van der Waals surface area contributed by atoms with Gasteiger partial charge in [-0.25, -0.2) is 22.2 Å². The zero-order valence-electron chi connectivity index (χ0n) is 15.5. The molecule has 1 heterocycles. The summed E-state index contributed by atoms with van der Waals surface area (Å²) in [5, 5.41) is 3.07. The number of halogens is 2. The summed E-state index contributed by atoms with van der Waals surface area (Å²) in [6.07, 6.45) is 0. The van der Waals surface area contributed by atoms with Crippen molar-refractivity contribution in [3.63, 3.8) is 0 Å². The predicted octanol–water partition coefficient (Wildman–Crippen LogP) is 2.86. The van der Waals surface area contributed by atoms with Crippen molar-refractivity contribution in [2.75, 3.05) is 24.9 Å². The van der Waals surface area contributed by atoms with Crippen LogP contribution < -0.4 is 15.8 Å². The Morgan fingerprint density at radius 2 is 1.80 bits per heavy atom. The zero-order valence-corrected chi connectivity index (χ0v) is 17.1. The number of ether oxygens (including phenoxy) is 1. The number of thiazole rings is 1. The summed E-state index contributed by atoms with van der Waals surface area (Å²) in [7, 11) is -2.36. The number of aromatic nitrogens is 1. The van der Waals surface area contributed by atoms with Gasteiger partial charge in [-0.2, -0.15) is 4.72 Å². The zero-order chi connectivity index (χ0) is 21.9. The molecule has 0 aliphatic heterocycles. The molecule has 0 unspecified atom stereocenters. The molecule has 30 heavy (non-hydrogen) atoms. The topological polar surface area (TPSA) is 123 Å². The van der Waals surface area contributed by atoms with Crippen LogP contribution in [0.5, 0.6) is 0 Å². The number of anilines is 3. The number of benzene rings is 2. The molecule has 3 aromatic rings. The van der Waals surface area contributed by atoms with Gasteiger partial charge in [0.05, 0.1) is 10.5 Å². The van der Waals surface area contributed by atoms with E-state index < -0.39 is 33.0 Å². The van der Waals surface area contributed by atoms with Crippen molar-refractivity contribution >= 4 is 43.8 Å². The normalized spacial score (nSPS) is 11.4. The van der Waals surface area contributed by atoms with Crippen LogP contribution in [-0.2, 0) is 14.8 Å². The SMILES string of the molecule is COCNS(=O)(=O)c1ccc(Nc2nc(N)c(C(=O)c3c(F)cccc3F)s2)cc1. The van der Waals surface area contributed by atoms with Gasteiger partial charge in [0, 0.05) is 12.8 Å². The Morgan fingerprint density at radius 1 is 1.17 bits per heavy atom. The van der Waals surface area contributed by atoms with Crippen molar-refractivity contribution in [2.45, 2.75) is 4.90 Å². The summed E-state index contributed by atoms with van der Waals surface area (Å²) < 4.78 is 58.8. The summed E-state index contributed by atoms with van der Waals surface area (Å²) in [5.41, 5.74) is 5.51. The first-order valence-corrected chi connectivity index (χ1v) is 10.6. The van der Waals surface area contributed by atoms with Gasteiger partial charge in [0.25, 0.3) is 0 Å². The maximum atomic E-state index is 13.9. The summed E-state index contributed by atoms with van der Waals surface area (Å²) in [6.45, 7) is -0.167. The summed E-state index contributed by atoms with van der Waals surface area (Å²) in [4.78, 5) is 16.4. The number of methoxy groups -OCH3 is 1. The first kappa shape index (κ1) is 21.8. The fraction of sp³-hybridized carbons (Fsp3) is 0.111. The highest BCUT2D eigenvalue weighted by atomic mass is 32.2. The van der Waals surface area contributed by atoms with Gasteiger partial charge in [-0.3, -0.25) is 4.79 Å². The van der Waals surface area contributed by atoms with Gasteiger partial charge in [0.1, 0.15) is 29.1 Å². The quantitative estimate of drug-likeness (QED) is 0.353. The Morgan fingerprint density at radius 3 is 2.40 bits per heavy atom. The van der Waals surface area contributed by atoms with E-state index in [1.165, 1.54) is 31.4 Å². The van der Waals surface area contributed by atoms with Crippen LogP contribution in [0, 0.1) is 11.6 Å². The highest BCUT2D eigenvalue weighted by Gasteiger charge is 2.24. The van der Waals surface area contributed by atoms with E-state index in [9.17, 15) is 22.0 Å². The standard InChI is InChI=1S/C18H16F2N4O4S2/c1-28-9-22-30(26,27)11-7-5-10(6-8-11)23-18-24-17(21)16(29-18)15(25)14-12(19)3-2-4-13(14)20/h2-8,22H,9,21H2,1H3,(H,23,24). The number of hydrogen-bond donors (Lipinski definition) is 3. The van der Waals surface area contributed by atoms with Crippen molar-refractivity contribution in [1.82, 2.24) is 9.71 Å². The number of rotatable bonds is 8. The van der Waals surface area contributed by atoms with Crippen LogP contribution in [0.3, 0.4) is 0 Å². The molecule has 0 amide bonds. The summed E-state index contributed by atoms with van der Waals surface area (Å²) in [6, 6.07) is 8.79. The Labute approximate surface area is 174 Å². The lowest BCUT2D eigenvalue weighted by atomic mass is 10.1. The second kappa shape index (κ2) is 8.83. The third-order valence-electron chi connectivity index (χ3n) is 3.86. The molecule has 1 aromatic heterocycles. The van der Waals surface area contributed by atoms with Crippen molar-refractivity contribution < 1.29 is 26.7 Å². The molecule has 0 radical (unpaired) electrons. The first-order valence-electron chi connectivity index (χ1n) is 8.33. The van der Waals surface area contributed by atoms with Crippen molar-refractivity contribution in [1.29, 1.82) is 0 Å². The van der Waals surface area contributed by atoms with Crippen molar-refractivity contribution in [3.8, 4) is 0 Å². The van der Waals surface area contributed by atoms with Crippen LogP contribution in [0.25, 0.3) is 0 Å². The lowest BCUT2D eigenvalue weighted by molar-refractivity contribution is 0.103. The van der Waals surface area contributed by atoms with Crippen LogP contribution in [0.1, 0.15) is 15.2 Å². The molecule has 4 N–H and O–H groups in total. The molecule has 0 spiro atoms. The molecular formula is C18H16F2N4O4S2. The number of sulfonamides is 1. The number of carbonyl (C=O) groups is 1.